The largest absolute Gasteiger partial charge is 0.490 e. The highest BCUT2D eigenvalue weighted by Gasteiger charge is 2.38. The van der Waals surface area contributed by atoms with Gasteiger partial charge in [0, 0.05) is 24.0 Å². The Balaban J connectivity index is 0.000000339. The highest BCUT2D eigenvalue weighted by atomic mass is 19.4. The Morgan fingerprint density at radius 1 is 1.10 bits per heavy atom. The monoisotopic (exact) mass is 432 g/mol. The van der Waals surface area contributed by atoms with E-state index in [2.05, 4.69) is 9.97 Å². The molecule has 4 rings (SSSR count). The molecule has 4 aromatic rings. The second-order valence-electron chi connectivity index (χ2n) is 6.05. The molecule has 3 heterocycles. The Hall–Kier alpha value is -3.99. The van der Waals surface area contributed by atoms with Crippen LogP contribution >= 0.6 is 0 Å². The molecule has 0 amide bonds. The van der Waals surface area contributed by atoms with Crippen LogP contribution in [0.1, 0.15) is 5.56 Å². The molecule has 0 aliphatic carbocycles. The molecule has 0 aliphatic rings. The van der Waals surface area contributed by atoms with Crippen LogP contribution < -0.4 is 11.2 Å². The normalized spacial score (nSPS) is 11.1. The second-order valence-corrected chi connectivity index (χ2v) is 6.05. The molecule has 0 fully saturated rings. The molecule has 11 heteroatoms. The van der Waals surface area contributed by atoms with Crippen LogP contribution in [0.3, 0.4) is 0 Å². The lowest BCUT2D eigenvalue weighted by atomic mass is 10.1. The van der Waals surface area contributed by atoms with Gasteiger partial charge in [-0.25, -0.2) is 14.8 Å². The SMILES string of the molecule is NCc1c(-c2ncco2)n(-c2ccccc2)c2ncccc2c1=O.O=C(O)C(F)(F)F. The third kappa shape index (κ3) is 4.46. The van der Waals surface area contributed by atoms with Crippen LogP contribution in [-0.4, -0.2) is 31.8 Å². The Labute approximate surface area is 172 Å². The number of halogens is 3. The summed E-state index contributed by atoms with van der Waals surface area (Å²) in [6.45, 7) is 0.0776. The Morgan fingerprint density at radius 2 is 1.77 bits per heavy atom. The van der Waals surface area contributed by atoms with Gasteiger partial charge in [0.05, 0.1) is 11.6 Å². The number of hydrogen-bond acceptors (Lipinski definition) is 6. The van der Waals surface area contributed by atoms with E-state index >= 15 is 0 Å². The molecular formula is C20H15F3N4O4. The summed E-state index contributed by atoms with van der Waals surface area (Å²) in [7, 11) is 0. The number of para-hydroxylation sites is 1. The minimum Gasteiger partial charge on any atom is -0.475 e. The van der Waals surface area contributed by atoms with Crippen molar-refractivity contribution < 1.29 is 27.5 Å². The van der Waals surface area contributed by atoms with Gasteiger partial charge in [0.1, 0.15) is 17.6 Å². The van der Waals surface area contributed by atoms with Crippen LogP contribution in [-0.2, 0) is 11.3 Å². The third-order valence-electron chi connectivity index (χ3n) is 4.12. The van der Waals surface area contributed by atoms with Crippen LogP contribution in [0.5, 0.6) is 0 Å². The van der Waals surface area contributed by atoms with Crippen molar-refractivity contribution in [1.29, 1.82) is 0 Å². The van der Waals surface area contributed by atoms with E-state index in [0.29, 0.717) is 28.2 Å². The molecule has 1 aromatic carbocycles. The fourth-order valence-electron chi connectivity index (χ4n) is 2.85. The molecule has 0 spiro atoms. The van der Waals surface area contributed by atoms with Gasteiger partial charge in [-0.3, -0.25) is 9.36 Å². The van der Waals surface area contributed by atoms with Gasteiger partial charge in [0.2, 0.25) is 5.89 Å². The number of rotatable bonds is 3. The minimum absolute atomic E-state index is 0.0776. The predicted molar refractivity (Wildman–Crippen MR) is 104 cm³/mol. The molecule has 0 unspecified atom stereocenters. The lowest BCUT2D eigenvalue weighted by Gasteiger charge is -2.17. The number of oxazole rings is 1. The van der Waals surface area contributed by atoms with E-state index in [4.69, 9.17) is 20.1 Å². The summed E-state index contributed by atoms with van der Waals surface area (Å²) >= 11 is 0. The number of alkyl halides is 3. The Kier molecular flexibility index (Phi) is 6.16. The summed E-state index contributed by atoms with van der Waals surface area (Å²) < 4.78 is 39.1. The van der Waals surface area contributed by atoms with E-state index in [9.17, 15) is 18.0 Å². The molecule has 0 bridgehead atoms. The van der Waals surface area contributed by atoms with Gasteiger partial charge in [0.15, 0.2) is 5.43 Å². The van der Waals surface area contributed by atoms with Crippen molar-refractivity contribution in [1.82, 2.24) is 14.5 Å². The fraction of sp³-hybridized carbons (Fsp3) is 0.100. The van der Waals surface area contributed by atoms with E-state index in [1.54, 1.807) is 18.3 Å². The summed E-state index contributed by atoms with van der Waals surface area (Å²) in [4.78, 5) is 30.4. The summed E-state index contributed by atoms with van der Waals surface area (Å²) in [6, 6.07) is 13.1. The van der Waals surface area contributed by atoms with Gasteiger partial charge in [0.25, 0.3) is 0 Å². The van der Waals surface area contributed by atoms with Gasteiger partial charge in [-0.05, 0) is 24.3 Å². The molecule has 0 aliphatic heterocycles. The summed E-state index contributed by atoms with van der Waals surface area (Å²) in [6.07, 6.45) is -0.418. The summed E-state index contributed by atoms with van der Waals surface area (Å²) in [5.41, 5.74) is 8.11. The predicted octanol–water partition coefficient (Wildman–Crippen LogP) is 3.13. The van der Waals surface area contributed by atoms with Gasteiger partial charge >= 0.3 is 12.1 Å². The van der Waals surface area contributed by atoms with Crippen molar-refractivity contribution in [3.05, 3.63) is 76.9 Å². The zero-order chi connectivity index (χ0) is 22.6. The standard InChI is InChI=1S/C18H14N4O2.C2HF3O2/c19-11-14-15(18-21-9-10-24-18)22(12-5-2-1-3-6-12)17-13(16(14)23)7-4-8-20-17;3-2(4,5)1(6)7/h1-10H,11,19H2;(H,6,7). The van der Waals surface area contributed by atoms with Gasteiger partial charge < -0.3 is 15.3 Å². The third-order valence-corrected chi connectivity index (χ3v) is 4.12. The molecular weight excluding hydrogens is 417 g/mol. The van der Waals surface area contributed by atoms with Crippen LogP contribution in [0, 0.1) is 0 Å². The fourth-order valence-corrected chi connectivity index (χ4v) is 2.85. The van der Waals surface area contributed by atoms with E-state index in [-0.39, 0.29) is 12.0 Å². The van der Waals surface area contributed by atoms with Gasteiger partial charge in [-0.1, -0.05) is 18.2 Å². The number of hydrogen-bond donors (Lipinski definition) is 2. The van der Waals surface area contributed by atoms with Crippen molar-refractivity contribution in [2.45, 2.75) is 12.7 Å². The first-order valence-electron chi connectivity index (χ1n) is 8.73. The highest BCUT2D eigenvalue weighted by molar-refractivity contribution is 5.82. The number of nitrogens with zero attached hydrogens (tertiary/aromatic N) is 3. The minimum atomic E-state index is -5.08. The molecule has 3 N–H and O–H groups in total. The lowest BCUT2D eigenvalue weighted by molar-refractivity contribution is -0.192. The maximum atomic E-state index is 12.9. The number of aromatic nitrogens is 3. The molecule has 0 radical (unpaired) electrons. The summed E-state index contributed by atoms with van der Waals surface area (Å²) in [5, 5.41) is 7.64. The van der Waals surface area contributed by atoms with Crippen LogP contribution in [0.2, 0.25) is 0 Å². The number of pyridine rings is 2. The van der Waals surface area contributed by atoms with Gasteiger partial charge in [-0.15, -0.1) is 0 Å². The van der Waals surface area contributed by atoms with Crippen molar-refractivity contribution in [2.24, 2.45) is 5.73 Å². The molecule has 8 nitrogen and oxygen atoms in total. The van der Waals surface area contributed by atoms with Gasteiger partial charge in [-0.2, -0.15) is 13.2 Å². The number of nitrogens with two attached hydrogens (primary N) is 1. The zero-order valence-corrected chi connectivity index (χ0v) is 15.7. The number of fused-ring (bicyclic) bond motifs is 1. The number of carboxylic acids is 1. The van der Waals surface area contributed by atoms with E-state index < -0.39 is 12.1 Å². The molecule has 0 saturated heterocycles. The van der Waals surface area contributed by atoms with Crippen LogP contribution in [0.15, 0.2) is 70.3 Å². The quantitative estimate of drug-likeness (QED) is 0.510. The van der Waals surface area contributed by atoms with E-state index in [0.717, 1.165) is 5.69 Å². The van der Waals surface area contributed by atoms with Crippen molar-refractivity contribution in [2.75, 3.05) is 0 Å². The molecule has 3 aromatic heterocycles. The van der Waals surface area contributed by atoms with Crippen molar-refractivity contribution in [3.8, 4) is 17.3 Å². The molecule has 31 heavy (non-hydrogen) atoms. The second kappa shape index (κ2) is 8.79. The maximum Gasteiger partial charge on any atom is 0.490 e. The maximum absolute atomic E-state index is 12.9. The summed E-state index contributed by atoms with van der Waals surface area (Å²) in [5.74, 6) is -2.42. The van der Waals surface area contributed by atoms with Crippen LogP contribution in [0.4, 0.5) is 13.2 Å². The Bertz CT molecular complexity index is 1250. The molecule has 0 saturated carbocycles. The zero-order valence-electron chi connectivity index (χ0n) is 15.7. The average Bonchev–Trinajstić information content (AvgIpc) is 3.28. The first-order valence-corrected chi connectivity index (χ1v) is 8.73. The van der Waals surface area contributed by atoms with E-state index in [1.165, 1.54) is 12.5 Å². The van der Waals surface area contributed by atoms with Crippen LogP contribution in [0.25, 0.3) is 28.3 Å². The highest BCUT2D eigenvalue weighted by Crippen LogP contribution is 2.27. The van der Waals surface area contributed by atoms with Crippen molar-refractivity contribution in [3.63, 3.8) is 0 Å². The lowest BCUT2D eigenvalue weighted by Crippen LogP contribution is -2.21. The average molecular weight is 432 g/mol. The smallest absolute Gasteiger partial charge is 0.475 e. The van der Waals surface area contributed by atoms with E-state index in [1.807, 2.05) is 34.9 Å². The first-order chi connectivity index (χ1) is 14.8. The van der Waals surface area contributed by atoms with Crippen molar-refractivity contribution >= 4 is 17.0 Å². The Morgan fingerprint density at radius 3 is 2.32 bits per heavy atom. The first kappa shape index (κ1) is 21.7. The number of benzene rings is 1. The number of carboxylic acid groups (broad SMARTS) is 1. The number of carbonyl (C=O) groups is 1. The molecule has 0 atom stereocenters. The molecule has 160 valence electrons. The topological polar surface area (TPSA) is 124 Å². The number of aliphatic carboxylic acids is 1.